The maximum Gasteiger partial charge on any atom is 0.149 e. The molecule has 0 saturated heterocycles. The Hall–Kier alpha value is -2.04. The molecule has 2 aromatic rings. The van der Waals surface area contributed by atoms with Gasteiger partial charge in [0.15, 0.2) is 0 Å². The second kappa shape index (κ2) is 17.3. The zero-order chi connectivity index (χ0) is 18.8. The van der Waals surface area contributed by atoms with Gasteiger partial charge in [-0.2, -0.15) is 4.99 Å². The van der Waals surface area contributed by atoms with E-state index in [2.05, 4.69) is 32.5 Å². The first-order valence-electron chi connectivity index (χ1n) is 7.44. The smallest absolute Gasteiger partial charge is 0.149 e. The van der Waals surface area contributed by atoms with E-state index in [1.165, 1.54) is 0 Å². The Morgan fingerprint density at radius 3 is 2.21 bits per heavy atom. The Bertz CT molecular complexity index is 647. The second-order valence-electron chi connectivity index (χ2n) is 3.36. The summed E-state index contributed by atoms with van der Waals surface area (Å²) in [7, 11) is 0. The SMILES string of the molecule is C=C=C=Nc1ccc2ccccc2c1O.CC.CC.CSOOO. The molecule has 0 radical (unpaired) electrons. The molecule has 0 unspecified atom stereocenters. The molecule has 0 bridgehead atoms. The largest absolute Gasteiger partial charge is 0.505 e. The van der Waals surface area contributed by atoms with Crippen molar-refractivity contribution in [1.29, 1.82) is 0 Å². The van der Waals surface area contributed by atoms with Gasteiger partial charge in [0, 0.05) is 29.6 Å². The number of phenolic OH excluding ortho intramolecular Hbond substituents is 1. The number of hydrogen-bond acceptors (Lipinski definition) is 6. The standard InChI is InChI=1S/C13H9NO.2C2H6.CH4O3S/c1-2-9-14-12-8-7-10-5-3-4-6-11(10)13(12)15;2*1-2;1-5-4-3-2/h3-8,15H,1H2;2*1-2H3;2H,1H3. The van der Waals surface area contributed by atoms with Crippen LogP contribution in [0.25, 0.3) is 10.8 Å². The highest BCUT2D eigenvalue weighted by atomic mass is 32.2. The number of hydrogen-bond donors (Lipinski definition) is 2. The average molecular weight is 351 g/mol. The highest BCUT2D eigenvalue weighted by molar-refractivity contribution is 7.93. The number of benzene rings is 2. The van der Waals surface area contributed by atoms with Crippen LogP contribution in [-0.2, 0) is 9.37 Å². The molecule has 6 heteroatoms. The minimum absolute atomic E-state index is 0.163. The van der Waals surface area contributed by atoms with Crippen molar-refractivity contribution in [3.05, 3.63) is 48.7 Å². The lowest BCUT2D eigenvalue weighted by atomic mass is 10.1. The molecule has 0 fully saturated rings. The predicted octanol–water partition coefficient (Wildman–Crippen LogP) is 5.93. The molecule has 0 spiro atoms. The van der Waals surface area contributed by atoms with Crippen molar-refractivity contribution >= 4 is 34.4 Å². The summed E-state index contributed by atoms with van der Waals surface area (Å²) in [6.45, 7) is 11.4. The van der Waals surface area contributed by atoms with Crippen LogP contribution in [0, 0.1) is 0 Å². The number of nitrogens with zero attached hydrogens (tertiary/aromatic N) is 1. The third-order valence-electron chi connectivity index (χ3n) is 2.23. The fourth-order valence-corrected chi connectivity index (χ4v) is 1.52. The Kier molecular flexibility index (Phi) is 17.5. The van der Waals surface area contributed by atoms with Gasteiger partial charge in [-0.25, -0.2) is 5.26 Å². The molecule has 0 aromatic heterocycles. The van der Waals surface area contributed by atoms with Crippen molar-refractivity contribution in [2.75, 3.05) is 6.26 Å². The van der Waals surface area contributed by atoms with Gasteiger partial charge in [0.05, 0.1) is 0 Å². The number of phenols is 1. The van der Waals surface area contributed by atoms with Gasteiger partial charge in [-0.1, -0.05) is 68.8 Å². The first-order valence-corrected chi connectivity index (χ1v) is 8.59. The van der Waals surface area contributed by atoms with E-state index in [1.54, 1.807) is 12.3 Å². The molecule has 2 aromatic carbocycles. The van der Waals surface area contributed by atoms with E-state index in [9.17, 15) is 5.11 Å². The van der Waals surface area contributed by atoms with Crippen molar-refractivity contribution in [3.8, 4) is 5.75 Å². The normalized spacial score (nSPS) is 8.08. The summed E-state index contributed by atoms with van der Waals surface area (Å²) in [5.41, 5.74) is 2.89. The first kappa shape index (κ1) is 24.2. The molecule has 0 heterocycles. The van der Waals surface area contributed by atoms with Gasteiger partial charge in [0.25, 0.3) is 0 Å². The van der Waals surface area contributed by atoms with E-state index in [1.807, 2.05) is 58.0 Å². The summed E-state index contributed by atoms with van der Waals surface area (Å²) < 4.78 is 3.81. The maximum atomic E-state index is 9.89. The minimum Gasteiger partial charge on any atom is -0.505 e. The summed E-state index contributed by atoms with van der Waals surface area (Å²) in [5.74, 6) is 2.64. The van der Waals surface area contributed by atoms with Crippen molar-refractivity contribution < 1.29 is 19.7 Å². The van der Waals surface area contributed by atoms with E-state index in [0.29, 0.717) is 5.69 Å². The van der Waals surface area contributed by atoms with Gasteiger partial charge >= 0.3 is 0 Å². The third-order valence-corrected chi connectivity index (χ3v) is 2.43. The monoisotopic (exact) mass is 351 g/mol. The lowest BCUT2D eigenvalue weighted by Crippen LogP contribution is -1.74. The van der Waals surface area contributed by atoms with Gasteiger partial charge in [-0.3, -0.25) is 0 Å². The zero-order valence-electron chi connectivity index (χ0n) is 14.7. The molecule has 0 atom stereocenters. The van der Waals surface area contributed by atoms with Crippen LogP contribution in [0.4, 0.5) is 5.69 Å². The number of aromatic hydroxyl groups is 1. The van der Waals surface area contributed by atoms with Gasteiger partial charge < -0.3 is 5.11 Å². The second-order valence-corrected chi connectivity index (χ2v) is 3.83. The molecule has 5 nitrogen and oxygen atoms in total. The van der Waals surface area contributed by atoms with E-state index in [-0.39, 0.29) is 5.75 Å². The summed E-state index contributed by atoms with van der Waals surface area (Å²) >= 11 is 0.929. The van der Waals surface area contributed by atoms with Gasteiger partial charge in [0.1, 0.15) is 11.4 Å². The molecule has 0 aliphatic carbocycles. The first-order chi connectivity index (χ1) is 11.7. The molecule has 2 rings (SSSR count). The van der Waals surface area contributed by atoms with Crippen molar-refractivity contribution in [2.45, 2.75) is 27.7 Å². The lowest BCUT2D eigenvalue weighted by Gasteiger charge is -2.02. The van der Waals surface area contributed by atoms with Crippen molar-refractivity contribution in [3.63, 3.8) is 0 Å². The molecule has 0 saturated carbocycles. The van der Waals surface area contributed by atoms with Crippen LogP contribution in [0.3, 0.4) is 0 Å². The Morgan fingerprint density at radius 2 is 1.71 bits per heavy atom. The highest BCUT2D eigenvalue weighted by Gasteiger charge is 2.03. The number of fused-ring (bicyclic) bond motifs is 1. The van der Waals surface area contributed by atoms with Crippen LogP contribution in [0.2, 0.25) is 0 Å². The minimum atomic E-state index is 0.163. The number of aliphatic imine (C=N–C) groups is 1. The van der Waals surface area contributed by atoms with Gasteiger partial charge in [-0.05, 0) is 18.0 Å². The molecule has 0 amide bonds. The highest BCUT2D eigenvalue weighted by Crippen LogP contribution is 2.33. The lowest BCUT2D eigenvalue weighted by molar-refractivity contribution is -0.432. The third kappa shape index (κ3) is 9.18. The van der Waals surface area contributed by atoms with Crippen LogP contribution >= 0.6 is 12.0 Å². The average Bonchev–Trinajstić information content (AvgIpc) is 2.66. The van der Waals surface area contributed by atoms with Crippen LogP contribution < -0.4 is 0 Å². The van der Waals surface area contributed by atoms with Gasteiger partial charge in [0.2, 0.25) is 0 Å². The van der Waals surface area contributed by atoms with E-state index >= 15 is 0 Å². The molecule has 132 valence electrons. The zero-order valence-corrected chi connectivity index (χ0v) is 15.6. The summed E-state index contributed by atoms with van der Waals surface area (Å²) in [6, 6.07) is 11.2. The molecular formula is C18H25NO4S. The summed E-state index contributed by atoms with van der Waals surface area (Å²) in [5, 5.41) is 22.1. The van der Waals surface area contributed by atoms with Crippen molar-refractivity contribution in [1.82, 2.24) is 0 Å². The van der Waals surface area contributed by atoms with Gasteiger partial charge in [-0.15, -0.1) is 4.33 Å². The Morgan fingerprint density at radius 1 is 1.08 bits per heavy atom. The van der Waals surface area contributed by atoms with E-state index < -0.39 is 0 Å². The Labute approximate surface area is 148 Å². The van der Waals surface area contributed by atoms with E-state index in [0.717, 1.165) is 22.8 Å². The predicted molar refractivity (Wildman–Crippen MR) is 103 cm³/mol. The molecule has 2 N–H and O–H groups in total. The quantitative estimate of drug-likeness (QED) is 0.236. The fourth-order valence-electron chi connectivity index (χ4n) is 1.46. The summed E-state index contributed by atoms with van der Waals surface area (Å²) in [4.78, 5) is 3.90. The van der Waals surface area contributed by atoms with Crippen LogP contribution in [0.15, 0.2) is 53.7 Å². The van der Waals surface area contributed by atoms with Crippen molar-refractivity contribution in [2.24, 2.45) is 4.99 Å². The maximum absolute atomic E-state index is 9.89. The molecule has 0 aliphatic rings. The Balaban J connectivity index is 0. The number of rotatable bonds is 3. The van der Waals surface area contributed by atoms with E-state index in [4.69, 9.17) is 5.26 Å². The molecule has 24 heavy (non-hydrogen) atoms. The van der Waals surface area contributed by atoms with Crippen LogP contribution in [-0.4, -0.2) is 22.5 Å². The molecular weight excluding hydrogens is 326 g/mol. The fraction of sp³-hybridized carbons (Fsp3) is 0.278. The molecule has 0 aliphatic heterocycles. The van der Waals surface area contributed by atoms with Crippen LogP contribution in [0.5, 0.6) is 5.75 Å². The van der Waals surface area contributed by atoms with Crippen LogP contribution in [0.1, 0.15) is 27.7 Å². The topological polar surface area (TPSA) is 71.3 Å². The summed E-state index contributed by atoms with van der Waals surface area (Å²) in [6.07, 6.45) is 1.62.